The highest BCUT2D eigenvalue weighted by atomic mass is 35.5. The highest BCUT2D eigenvalue weighted by Gasteiger charge is 2.36. The van der Waals surface area contributed by atoms with Crippen LogP contribution in [0.2, 0.25) is 5.02 Å². The normalized spacial score (nSPS) is 15.7. The summed E-state index contributed by atoms with van der Waals surface area (Å²) in [6, 6.07) is 8.44. The van der Waals surface area contributed by atoms with Crippen molar-refractivity contribution < 1.29 is 41.8 Å². The van der Waals surface area contributed by atoms with Crippen molar-refractivity contribution in [2.45, 2.75) is 12.6 Å². The summed E-state index contributed by atoms with van der Waals surface area (Å²) in [5.74, 6) is -3.45. The SMILES string of the molecule is COC(=O)c1ccc(N2C[C@H](C(=O)OCC(=O)Nc3cc(C(F)(F)F)ccc3Cl)CC2=O)cc1. The number of halogens is 4. The van der Waals surface area contributed by atoms with Gasteiger partial charge in [-0.05, 0) is 42.5 Å². The number of carbonyl (C=O) groups is 4. The van der Waals surface area contributed by atoms with Gasteiger partial charge in [-0.2, -0.15) is 13.2 Å². The van der Waals surface area contributed by atoms with E-state index in [9.17, 15) is 32.3 Å². The molecule has 0 aliphatic carbocycles. The number of methoxy groups -OCH3 is 1. The summed E-state index contributed by atoms with van der Waals surface area (Å²) >= 11 is 5.82. The summed E-state index contributed by atoms with van der Waals surface area (Å²) in [6.07, 6.45) is -4.78. The molecule has 0 bridgehead atoms. The van der Waals surface area contributed by atoms with Crippen LogP contribution in [0.15, 0.2) is 42.5 Å². The van der Waals surface area contributed by atoms with Gasteiger partial charge in [0.2, 0.25) is 5.91 Å². The van der Waals surface area contributed by atoms with Crippen molar-refractivity contribution in [2.75, 3.05) is 30.5 Å². The van der Waals surface area contributed by atoms with Gasteiger partial charge in [0.05, 0.1) is 34.9 Å². The molecule has 0 spiro atoms. The molecule has 1 heterocycles. The average Bonchev–Trinajstić information content (AvgIpc) is 3.19. The number of esters is 2. The summed E-state index contributed by atoms with van der Waals surface area (Å²) in [6.45, 7) is -0.778. The lowest BCUT2D eigenvalue weighted by Gasteiger charge is -2.17. The van der Waals surface area contributed by atoms with Crippen molar-refractivity contribution in [1.29, 1.82) is 0 Å². The van der Waals surface area contributed by atoms with Gasteiger partial charge in [-0.3, -0.25) is 14.4 Å². The van der Waals surface area contributed by atoms with Crippen LogP contribution in [0.1, 0.15) is 22.3 Å². The number of ether oxygens (including phenoxy) is 2. The summed E-state index contributed by atoms with van der Waals surface area (Å²) in [5.41, 5.74) is -0.533. The minimum Gasteiger partial charge on any atom is -0.465 e. The molecule has 12 heteroatoms. The Labute approximate surface area is 196 Å². The maximum absolute atomic E-state index is 12.8. The lowest BCUT2D eigenvalue weighted by molar-refractivity contribution is -0.151. The fraction of sp³-hybridized carbons (Fsp3) is 0.273. The predicted molar refractivity (Wildman–Crippen MR) is 114 cm³/mol. The predicted octanol–water partition coefficient (Wildman–Crippen LogP) is 3.68. The zero-order valence-electron chi connectivity index (χ0n) is 17.6. The topological polar surface area (TPSA) is 102 Å². The van der Waals surface area contributed by atoms with Gasteiger partial charge < -0.3 is 19.7 Å². The Morgan fingerprint density at radius 3 is 2.44 bits per heavy atom. The van der Waals surface area contributed by atoms with Gasteiger partial charge in [0.15, 0.2) is 6.61 Å². The van der Waals surface area contributed by atoms with Crippen molar-refractivity contribution in [3.8, 4) is 0 Å². The van der Waals surface area contributed by atoms with E-state index >= 15 is 0 Å². The monoisotopic (exact) mass is 498 g/mol. The molecule has 1 aliphatic rings. The molecule has 1 N–H and O–H groups in total. The Hall–Kier alpha value is -3.60. The fourth-order valence-corrected chi connectivity index (χ4v) is 3.41. The van der Waals surface area contributed by atoms with Gasteiger partial charge in [-0.25, -0.2) is 4.79 Å². The minimum atomic E-state index is -4.63. The lowest BCUT2D eigenvalue weighted by atomic mass is 10.1. The van der Waals surface area contributed by atoms with Crippen molar-refractivity contribution >= 4 is 46.7 Å². The van der Waals surface area contributed by atoms with E-state index in [0.29, 0.717) is 17.3 Å². The lowest BCUT2D eigenvalue weighted by Crippen LogP contribution is -2.28. The number of rotatable bonds is 6. The van der Waals surface area contributed by atoms with Crippen LogP contribution in [0.5, 0.6) is 0 Å². The molecule has 1 fully saturated rings. The molecule has 1 aliphatic heterocycles. The number of nitrogens with zero attached hydrogens (tertiary/aromatic N) is 1. The molecular formula is C22H18ClF3N2O6. The van der Waals surface area contributed by atoms with Gasteiger partial charge in [0.25, 0.3) is 5.91 Å². The molecule has 2 aromatic carbocycles. The number of alkyl halides is 3. The standard InChI is InChI=1S/C22H18ClF3N2O6/c1-33-20(31)12-2-5-15(6-3-12)28-10-13(8-19(28)30)21(32)34-11-18(29)27-17-9-14(22(24,25)26)4-7-16(17)23/h2-7,9,13H,8,10-11H2,1H3,(H,27,29)/t13-/m1/s1. The number of benzene rings is 2. The van der Waals surface area contributed by atoms with Gasteiger partial charge >= 0.3 is 18.1 Å². The first-order valence-corrected chi connectivity index (χ1v) is 10.2. The van der Waals surface area contributed by atoms with E-state index in [1.807, 2.05) is 0 Å². The van der Waals surface area contributed by atoms with Crippen LogP contribution in [0.4, 0.5) is 24.5 Å². The number of hydrogen-bond donors (Lipinski definition) is 1. The Morgan fingerprint density at radius 1 is 1.15 bits per heavy atom. The Morgan fingerprint density at radius 2 is 1.82 bits per heavy atom. The average molecular weight is 499 g/mol. The first-order chi connectivity index (χ1) is 16.0. The van der Waals surface area contributed by atoms with Crippen LogP contribution >= 0.6 is 11.6 Å². The largest absolute Gasteiger partial charge is 0.465 e. The van der Waals surface area contributed by atoms with E-state index < -0.39 is 42.1 Å². The molecule has 0 aromatic heterocycles. The van der Waals surface area contributed by atoms with Gasteiger partial charge in [0.1, 0.15) is 0 Å². The zero-order chi connectivity index (χ0) is 25.0. The van der Waals surface area contributed by atoms with E-state index in [1.165, 1.54) is 36.3 Å². The van der Waals surface area contributed by atoms with Crippen molar-refractivity contribution in [3.05, 3.63) is 58.6 Å². The first kappa shape index (κ1) is 25.0. The minimum absolute atomic E-state index is 0.00366. The Kier molecular flexibility index (Phi) is 7.45. The molecule has 2 aromatic rings. The number of hydrogen-bond acceptors (Lipinski definition) is 6. The van der Waals surface area contributed by atoms with Crippen LogP contribution in [0.3, 0.4) is 0 Å². The maximum atomic E-state index is 12.8. The van der Waals surface area contributed by atoms with Crippen LogP contribution in [-0.4, -0.2) is 44.0 Å². The summed E-state index contributed by atoms with van der Waals surface area (Å²) < 4.78 is 48.1. The second kappa shape index (κ2) is 10.1. The second-order valence-electron chi connectivity index (χ2n) is 7.29. The van der Waals surface area contributed by atoms with Crippen molar-refractivity contribution in [3.63, 3.8) is 0 Å². The van der Waals surface area contributed by atoms with E-state index in [1.54, 1.807) is 0 Å². The summed E-state index contributed by atoms with van der Waals surface area (Å²) in [5, 5.41) is 2.05. The Balaban J connectivity index is 1.56. The molecule has 34 heavy (non-hydrogen) atoms. The summed E-state index contributed by atoms with van der Waals surface area (Å²) in [7, 11) is 1.24. The van der Waals surface area contributed by atoms with E-state index in [2.05, 4.69) is 10.1 Å². The number of carbonyl (C=O) groups excluding carboxylic acids is 4. The van der Waals surface area contributed by atoms with E-state index in [-0.39, 0.29) is 29.6 Å². The van der Waals surface area contributed by atoms with Gasteiger partial charge in [-0.1, -0.05) is 11.6 Å². The zero-order valence-corrected chi connectivity index (χ0v) is 18.4. The first-order valence-electron chi connectivity index (χ1n) is 9.81. The molecule has 1 saturated heterocycles. The molecule has 0 unspecified atom stereocenters. The van der Waals surface area contributed by atoms with Crippen LogP contribution in [0, 0.1) is 5.92 Å². The number of amides is 2. The third kappa shape index (κ3) is 5.84. The maximum Gasteiger partial charge on any atom is 0.416 e. The third-order valence-electron chi connectivity index (χ3n) is 4.97. The van der Waals surface area contributed by atoms with Crippen LogP contribution in [-0.2, 0) is 30.0 Å². The van der Waals surface area contributed by atoms with Crippen molar-refractivity contribution in [1.82, 2.24) is 0 Å². The molecule has 2 amide bonds. The van der Waals surface area contributed by atoms with E-state index in [4.69, 9.17) is 16.3 Å². The third-order valence-corrected chi connectivity index (χ3v) is 5.30. The molecule has 0 radical (unpaired) electrons. The molecule has 1 atom stereocenters. The molecule has 3 rings (SSSR count). The molecule has 0 saturated carbocycles. The highest BCUT2D eigenvalue weighted by molar-refractivity contribution is 6.33. The van der Waals surface area contributed by atoms with Crippen LogP contribution < -0.4 is 10.2 Å². The Bertz CT molecular complexity index is 1120. The highest BCUT2D eigenvalue weighted by Crippen LogP contribution is 2.34. The van der Waals surface area contributed by atoms with Crippen LogP contribution in [0.25, 0.3) is 0 Å². The summed E-state index contributed by atoms with van der Waals surface area (Å²) in [4.78, 5) is 49.6. The molecular weight excluding hydrogens is 481 g/mol. The van der Waals surface area contributed by atoms with E-state index in [0.717, 1.165) is 12.1 Å². The quantitative estimate of drug-likeness (QED) is 0.610. The number of nitrogens with one attached hydrogen (secondary N) is 1. The van der Waals surface area contributed by atoms with Gasteiger partial charge in [0, 0.05) is 18.7 Å². The smallest absolute Gasteiger partial charge is 0.416 e. The molecule has 8 nitrogen and oxygen atoms in total. The fourth-order valence-electron chi connectivity index (χ4n) is 3.25. The van der Waals surface area contributed by atoms with Gasteiger partial charge in [-0.15, -0.1) is 0 Å². The molecule has 180 valence electrons. The number of anilines is 2. The second-order valence-corrected chi connectivity index (χ2v) is 7.70. The van der Waals surface area contributed by atoms with Crippen molar-refractivity contribution in [2.24, 2.45) is 5.92 Å².